The Morgan fingerprint density at radius 3 is 2.83 bits per heavy atom. The van der Waals surface area contributed by atoms with Crippen molar-refractivity contribution in [2.75, 3.05) is 13.6 Å². The summed E-state index contributed by atoms with van der Waals surface area (Å²) in [4.78, 5) is 5.97. The van der Waals surface area contributed by atoms with E-state index in [1.165, 1.54) is 27.7 Å². The molecular formula is C16H20N2. The second-order valence-electron chi connectivity index (χ2n) is 5.50. The summed E-state index contributed by atoms with van der Waals surface area (Å²) < 4.78 is 0. The second-order valence-corrected chi connectivity index (χ2v) is 5.50. The molecule has 2 heterocycles. The molecule has 0 bridgehead atoms. The van der Waals surface area contributed by atoms with Gasteiger partial charge in [0, 0.05) is 23.8 Å². The molecule has 1 N–H and O–H groups in total. The van der Waals surface area contributed by atoms with Crippen molar-refractivity contribution in [3.05, 3.63) is 41.6 Å². The molecular weight excluding hydrogens is 220 g/mol. The minimum atomic E-state index is 0.620. The minimum absolute atomic E-state index is 0.620. The van der Waals surface area contributed by atoms with Gasteiger partial charge < -0.3 is 4.98 Å². The highest BCUT2D eigenvalue weighted by atomic mass is 15.1. The average molecular weight is 240 g/mol. The Bertz CT molecular complexity index is 573. The van der Waals surface area contributed by atoms with E-state index in [1.54, 1.807) is 0 Å². The third kappa shape index (κ3) is 1.87. The second kappa shape index (κ2) is 4.29. The average Bonchev–Trinajstić information content (AvgIpc) is 2.77. The van der Waals surface area contributed by atoms with Crippen LogP contribution in [0.3, 0.4) is 0 Å². The van der Waals surface area contributed by atoms with Crippen molar-refractivity contribution in [2.24, 2.45) is 0 Å². The van der Waals surface area contributed by atoms with Crippen LogP contribution in [0.4, 0.5) is 0 Å². The number of H-pyrrole nitrogens is 1. The Kier molecular flexibility index (Phi) is 2.75. The van der Waals surface area contributed by atoms with Gasteiger partial charge in [-0.05, 0) is 50.4 Å². The first-order valence-corrected chi connectivity index (χ1v) is 6.62. The Hall–Kier alpha value is -1.54. The van der Waals surface area contributed by atoms with Crippen molar-refractivity contribution in [3.8, 4) is 0 Å². The predicted octanol–water partition coefficient (Wildman–Crippen LogP) is 3.67. The molecule has 0 spiro atoms. The largest absolute Gasteiger partial charge is 0.355 e. The maximum absolute atomic E-state index is 3.55. The summed E-state index contributed by atoms with van der Waals surface area (Å²) in [5.74, 6) is 0. The summed E-state index contributed by atoms with van der Waals surface area (Å²) in [5, 5.41) is 1.30. The van der Waals surface area contributed by atoms with Gasteiger partial charge in [-0.3, -0.25) is 4.90 Å². The zero-order valence-corrected chi connectivity index (χ0v) is 11.3. The van der Waals surface area contributed by atoms with E-state index in [0.29, 0.717) is 6.04 Å². The molecule has 1 unspecified atom stereocenters. The van der Waals surface area contributed by atoms with Crippen LogP contribution in [0.25, 0.3) is 16.5 Å². The number of rotatable bonds is 1. The number of benzene rings is 1. The monoisotopic (exact) mass is 240 g/mol. The minimum Gasteiger partial charge on any atom is -0.355 e. The topological polar surface area (TPSA) is 19.0 Å². The van der Waals surface area contributed by atoms with Crippen LogP contribution in [-0.4, -0.2) is 29.5 Å². The van der Waals surface area contributed by atoms with Crippen molar-refractivity contribution in [1.29, 1.82) is 0 Å². The highest BCUT2D eigenvalue weighted by Crippen LogP contribution is 2.31. The number of nitrogens with zero attached hydrogens (tertiary/aromatic N) is 1. The fourth-order valence-corrected chi connectivity index (χ4v) is 2.83. The van der Waals surface area contributed by atoms with Gasteiger partial charge in [-0.2, -0.15) is 0 Å². The molecule has 2 heteroatoms. The van der Waals surface area contributed by atoms with Gasteiger partial charge >= 0.3 is 0 Å². The van der Waals surface area contributed by atoms with Gasteiger partial charge in [0.05, 0.1) is 0 Å². The first-order chi connectivity index (χ1) is 8.65. The highest BCUT2D eigenvalue weighted by molar-refractivity contribution is 5.85. The van der Waals surface area contributed by atoms with E-state index >= 15 is 0 Å². The summed E-state index contributed by atoms with van der Waals surface area (Å²) in [6.45, 7) is 5.63. The molecule has 0 saturated heterocycles. The summed E-state index contributed by atoms with van der Waals surface area (Å²) in [5.41, 5.74) is 5.52. The molecule has 1 aliphatic rings. The van der Waals surface area contributed by atoms with Crippen molar-refractivity contribution >= 4 is 16.5 Å². The van der Waals surface area contributed by atoms with Gasteiger partial charge in [-0.15, -0.1) is 0 Å². The number of aromatic amines is 1. The van der Waals surface area contributed by atoms with E-state index in [0.717, 1.165) is 13.0 Å². The normalized spacial score (nSPS) is 21.8. The molecule has 1 aromatic carbocycles. The van der Waals surface area contributed by atoms with Crippen molar-refractivity contribution < 1.29 is 0 Å². The van der Waals surface area contributed by atoms with Gasteiger partial charge in [0.15, 0.2) is 0 Å². The predicted molar refractivity (Wildman–Crippen MR) is 77.6 cm³/mol. The molecule has 18 heavy (non-hydrogen) atoms. The number of aromatic nitrogens is 1. The lowest BCUT2D eigenvalue weighted by Gasteiger charge is -2.32. The molecule has 0 saturated carbocycles. The molecule has 0 radical (unpaired) electrons. The Morgan fingerprint density at radius 2 is 2.06 bits per heavy atom. The van der Waals surface area contributed by atoms with E-state index < -0.39 is 0 Å². The molecule has 1 aliphatic heterocycles. The van der Waals surface area contributed by atoms with E-state index in [4.69, 9.17) is 0 Å². The van der Waals surface area contributed by atoms with Crippen LogP contribution < -0.4 is 0 Å². The number of fused-ring (bicyclic) bond motifs is 1. The molecule has 0 fully saturated rings. The number of hydrogen-bond donors (Lipinski definition) is 1. The van der Waals surface area contributed by atoms with Crippen LogP contribution in [0.1, 0.15) is 26.0 Å². The third-order valence-corrected chi connectivity index (χ3v) is 4.11. The van der Waals surface area contributed by atoms with E-state index in [1.807, 2.05) is 0 Å². The Labute approximate surface area is 108 Å². The molecule has 94 valence electrons. The fourth-order valence-electron chi connectivity index (χ4n) is 2.83. The SMILES string of the molecule is CC1=C(c2cc3ccccc3[nH]2)CC(C)N(C)C1. The molecule has 3 rings (SSSR count). The molecule has 1 aromatic heterocycles. The Morgan fingerprint density at radius 1 is 1.28 bits per heavy atom. The molecule has 0 aliphatic carbocycles. The first-order valence-electron chi connectivity index (χ1n) is 6.62. The fraction of sp³-hybridized carbons (Fsp3) is 0.375. The van der Waals surface area contributed by atoms with Crippen LogP contribution in [0.2, 0.25) is 0 Å². The lowest BCUT2D eigenvalue weighted by atomic mass is 9.94. The van der Waals surface area contributed by atoms with Crippen LogP contribution in [0.15, 0.2) is 35.9 Å². The summed E-state index contributed by atoms with van der Waals surface area (Å²) in [6, 6.07) is 11.4. The molecule has 1 atom stereocenters. The summed E-state index contributed by atoms with van der Waals surface area (Å²) in [7, 11) is 2.20. The van der Waals surface area contributed by atoms with Crippen molar-refractivity contribution in [3.63, 3.8) is 0 Å². The Balaban J connectivity index is 2.06. The maximum atomic E-state index is 3.55. The first kappa shape index (κ1) is 11.5. The lowest BCUT2D eigenvalue weighted by molar-refractivity contribution is 0.271. The van der Waals surface area contributed by atoms with Crippen LogP contribution in [-0.2, 0) is 0 Å². The van der Waals surface area contributed by atoms with Gasteiger partial charge in [-0.1, -0.05) is 23.8 Å². The van der Waals surface area contributed by atoms with E-state index in [2.05, 4.69) is 61.1 Å². The number of likely N-dealkylation sites (N-methyl/N-ethyl adjacent to an activating group) is 1. The van der Waals surface area contributed by atoms with Crippen LogP contribution in [0.5, 0.6) is 0 Å². The van der Waals surface area contributed by atoms with Gasteiger partial charge in [-0.25, -0.2) is 0 Å². The zero-order chi connectivity index (χ0) is 12.7. The van der Waals surface area contributed by atoms with Gasteiger partial charge in [0.1, 0.15) is 0 Å². The standard InChI is InChI=1S/C16H20N2/c1-11-10-18(3)12(2)8-14(11)16-9-13-6-4-5-7-15(13)17-16/h4-7,9,12,17H,8,10H2,1-3H3. The van der Waals surface area contributed by atoms with E-state index in [9.17, 15) is 0 Å². The number of hydrogen-bond acceptors (Lipinski definition) is 1. The van der Waals surface area contributed by atoms with Gasteiger partial charge in [0.2, 0.25) is 0 Å². The van der Waals surface area contributed by atoms with Crippen LogP contribution >= 0.6 is 0 Å². The smallest absolute Gasteiger partial charge is 0.0458 e. The number of nitrogens with one attached hydrogen (secondary N) is 1. The molecule has 0 amide bonds. The molecule has 2 nitrogen and oxygen atoms in total. The van der Waals surface area contributed by atoms with Gasteiger partial charge in [0.25, 0.3) is 0 Å². The van der Waals surface area contributed by atoms with Crippen molar-refractivity contribution in [1.82, 2.24) is 9.88 Å². The highest BCUT2D eigenvalue weighted by Gasteiger charge is 2.21. The molecule has 2 aromatic rings. The van der Waals surface area contributed by atoms with E-state index in [-0.39, 0.29) is 0 Å². The quantitative estimate of drug-likeness (QED) is 0.806. The lowest BCUT2D eigenvalue weighted by Crippen LogP contribution is -2.34. The number of para-hydroxylation sites is 1. The van der Waals surface area contributed by atoms with Crippen LogP contribution in [0, 0.1) is 0 Å². The zero-order valence-electron chi connectivity index (χ0n) is 11.3. The summed E-state index contributed by atoms with van der Waals surface area (Å²) in [6.07, 6.45) is 1.13. The maximum Gasteiger partial charge on any atom is 0.0458 e. The van der Waals surface area contributed by atoms with Crippen molar-refractivity contribution in [2.45, 2.75) is 26.3 Å². The third-order valence-electron chi connectivity index (χ3n) is 4.11. The summed E-state index contributed by atoms with van der Waals surface area (Å²) >= 11 is 0.